The molecule has 0 radical (unpaired) electrons. The fourth-order valence-corrected chi connectivity index (χ4v) is 2.91. The lowest BCUT2D eigenvalue weighted by Gasteiger charge is -2.20. The first-order valence-corrected chi connectivity index (χ1v) is 7.62. The van der Waals surface area contributed by atoms with Crippen LogP contribution in [0, 0.1) is 0 Å². The van der Waals surface area contributed by atoms with Gasteiger partial charge in [0.1, 0.15) is 5.76 Å². The van der Waals surface area contributed by atoms with Crippen molar-refractivity contribution >= 4 is 10.8 Å². The Morgan fingerprint density at radius 3 is 2.67 bits per heavy atom. The summed E-state index contributed by atoms with van der Waals surface area (Å²) in [6, 6.07) is 19.5. The standard InChI is InChI=1S/C19H21NO/c1-2-20-19(13-12-16-9-6-14-21-16)18-11-5-8-15-7-3-4-10-17(15)18/h3-11,14,19-20H,2,12-13H2,1H3. The van der Waals surface area contributed by atoms with Gasteiger partial charge in [-0.15, -0.1) is 0 Å². The summed E-state index contributed by atoms with van der Waals surface area (Å²) >= 11 is 0. The number of benzene rings is 2. The zero-order chi connectivity index (χ0) is 14.5. The summed E-state index contributed by atoms with van der Waals surface area (Å²) in [4.78, 5) is 0. The van der Waals surface area contributed by atoms with Crippen molar-refractivity contribution < 1.29 is 4.42 Å². The van der Waals surface area contributed by atoms with Crippen LogP contribution in [0.1, 0.15) is 30.7 Å². The topological polar surface area (TPSA) is 25.2 Å². The lowest BCUT2D eigenvalue weighted by atomic mass is 9.95. The molecule has 1 atom stereocenters. The highest BCUT2D eigenvalue weighted by Gasteiger charge is 2.13. The first kappa shape index (κ1) is 13.9. The lowest BCUT2D eigenvalue weighted by Crippen LogP contribution is -2.21. The summed E-state index contributed by atoms with van der Waals surface area (Å²) in [5.41, 5.74) is 1.38. The molecule has 0 spiro atoms. The van der Waals surface area contributed by atoms with Crippen LogP contribution in [-0.2, 0) is 6.42 Å². The smallest absolute Gasteiger partial charge is 0.103 e. The van der Waals surface area contributed by atoms with E-state index in [1.54, 1.807) is 6.26 Å². The largest absolute Gasteiger partial charge is 0.469 e. The van der Waals surface area contributed by atoms with Gasteiger partial charge < -0.3 is 9.73 Å². The van der Waals surface area contributed by atoms with Crippen LogP contribution >= 0.6 is 0 Å². The van der Waals surface area contributed by atoms with Crippen LogP contribution < -0.4 is 5.32 Å². The Morgan fingerprint density at radius 2 is 1.86 bits per heavy atom. The first-order chi connectivity index (χ1) is 10.4. The molecule has 1 unspecified atom stereocenters. The second kappa shape index (κ2) is 6.59. The van der Waals surface area contributed by atoms with Crippen LogP contribution in [-0.4, -0.2) is 6.54 Å². The molecular weight excluding hydrogens is 258 g/mol. The summed E-state index contributed by atoms with van der Waals surface area (Å²) in [7, 11) is 0. The van der Waals surface area contributed by atoms with Crippen molar-refractivity contribution in [3.05, 3.63) is 72.2 Å². The van der Waals surface area contributed by atoms with Crippen molar-refractivity contribution in [3.63, 3.8) is 0 Å². The molecule has 0 saturated heterocycles. The highest BCUT2D eigenvalue weighted by Crippen LogP contribution is 2.27. The van der Waals surface area contributed by atoms with Gasteiger partial charge in [0.15, 0.2) is 0 Å². The van der Waals surface area contributed by atoms with Crippen LogP contribution in [0.2, 0.25) is 0 Å². The molecule has 0 aliphatic rings. The number of fused-ring (bicyclic) bond motifs is 1. The molecule has 0 aliphatic carbocycles. The van der Waals surface area contributed by atoms with Crippen LogP contribution in [0.15, 0.2) is 65.3 Å². The molecule has 0 fully saturated rings. The van der Waals surface area contributed by atoms with E-state index in [9.17, 15) is 0 Å². The van der Waals surface area contributed by atoms with Crippen molar-refractivity contribution in [3.8, 4) is 0 Å². The molecule has 0 aliphatic heterocycles. The maximum absolute atomic E-state index is 5.46. The maximum Gasteiger partial charge on any atom is 0.103 e. The normalized spacial score (nSPS) is 12.6. The van der Waals surface area contributed by atoms with Crippen LogP contribution in [0.5, 0.6) is 0 Å². The molecule has 2 heteroatoms. The van der Waals surface area contributed by atoms with E-state index in [0.717, 1.165) is 25.1 Å². The number of nitrogens with one attached hydrogen (secondary N) is 1. The van der Waals surface area contributed by atoms with Crippen LogP contribution in [0.3, 0.4) is 0 Å². The Hall–Kier alpha value is -2.06. The maximum atomic E-state index is 5.46. The minimum atomic E-state index is 0.353. The molecule has 3 aromatic rings. The van der Waals surface area contributed by atoms with E-state index < -0.39 is 0 Å². The van der Waals surface area contributed by atoms with Gasteiger partial charge in [0, 0.05) is 12.5 Å². The zero-order valence-corrected chi connectivity index (χ0v) is 12.4. The summed E-state index contributed by atoms with van der Waals surface area (Å²) in [6.45, 7) is 3.12. The minimum Gasteiger partial charge on any atom is -0.469 e. The molecule has 1 heterocycles. The van der Waals surface area contributed by atoms with E-state index >= 15 is 0 Å². The highest BCUT2D eigenvalue weighted by atomic mass is 16.3. The van der Waals surface area contributed by atoms with Gasteiger partial charge in [0.05, 0.1) is 6.26 Å². The Labute approximate surface area is 125 Å². The molecule has 2 aromatic carbocycles. The fourth-order valence-electron chi connectivity index (χ4n) is 2.91. The summed E-state index contributed by atoms with van der Waals surface area (Å²) in [5, 5.41) is 6.25. The average Bonchev–Trinajstić information content (AvgIpc) is 3.04. The van der Waals surface area contributed by atoms with Crippen molar-refractivity contribution in [1.82, 2.24) is 5.32 Å². The van der Waals surface area contributed by atoms with Gasteiger partial charge >= 0.3 is 0 Å². The van der Waals surface area contributed by atoms with Crippen molar-refractivity contribution in [2.45, 2.75) is 25.8 Å². The van der Waals surface area contributed by atoms with Gasteiger partial charge in [0.2, 0.25) is 0 Å². The van der Waals surface area contributed by atoms with Gasteiger partial charge in [-0.2, -0.15) is 0 Å². The van der Waals surface area contributed by atoms with Gasteiger partial charge in [-0.05, 0) is 41.4 Å². The first-order valence-electron chi connectivity index (χ1n) is 7.62. The third-order valence-electron chi connectivity index (χ3n) is 3.91. The number of aryl methyl sites for hydroxylation is 1. The SMILES string of the molecule is CCNC(CCc1ccco1)c1cccc2ccccc12. The molecule has 1 aromatic heterocycles. The monoisotopic (exact) mass is 279 g/mol. The molecule has 0 amide bonds. The van der Waals surface area contributed by atoms with E-state index in [-0.39, 0.29) is 0 Å². The third-order valence-corrected chi connectivity index (χ3v) is 3.91. The third kappa shape index (κ3) is 3.17. The van der Waals surface area contributed by atoms with Crippen LogP contribution in [0.4, 0.5) is 0 Å². The van der Waals surface area contributed by atoms with E-state index in [2.05, 4.69) is 54.7 Å². The summed E-state index contributed by atoms with van der Waals surface area (Å²) in [5.74, 6) is 1.05. The highest BCUT2D eigenvalue weighted by molar-refractivity contribution is 5.86. The second-order valence-electron chi connectivity index (χ2n) is 5.30. The van der Waals surface area contributed by atoms with Crippen molar-refractivity contribution in [2.24, 2.45) is 0 Å². The van der Waals surface area contributed by atoms with Gasteiger partial charge in [-0.25, -0.2) is 0 Å². The molecule has 0 bridgehead atoms. The molecule has 3 rings (SSSR count). The lowest BCUT2D eigenvalue weighted by molar-refractivity contribution is 0.460. The number of rotatable bonds is 6. The Balaban J connectivity index is 1.88. The molecular formula is C19H21NO. The van der Waals surface area contributed by atoms with Gasteiger partial charge in [-0.3, -0.25) is 0 Å². The van der Waals surface area contributed by atoms with E-state index in [4.69, 9.17) is 4.42 Å². The molecule has 1 N–H and O–H groups in total. The van der Waals surface area contributed by atoms with E-state index in [1.165, 1.54) is 16.3 Å². The minimum absolute atomic E-state index is 0.353. The van der Waals surface area contributed by atoms with E-state index in [0.29, 0.717) is 6.04 Å². The molecule has 0 saturated carbocycles. The van der Waals surface area contributed by atoms with Crippen molar-refractivity contribution in [1.29, 1.82) is 0 Å². The van der Waals surface area contributed by atoms with E-state index in [1.807, 2.05) is 12.1 Å². The fraction of sp³-hybridized carbons (Fsp3) is 0.263. The number of furan rings is 1. The second-order valence-corrected chi connectivity index (χ2v) is 5.30. The number of hydrogen-bond donors (Lipinski definition) is 1. The quantitative estimate of drug-likeness (QED) is 0.706. The summed E-state index contributed by atoms with van der Waals surface area (Å²) in [6.07, 6.45) is 3.73. The van der Waals surface area contributed by atoms with Gasteiger partial charge in [-0.1, -0.05) is 49.4 Å². The van der Waals surface area contributed by atoms with Crippen molar-refractivity contribution in [2.75, 3.05) is 6.54 Å². The Bertz CT molecular complexity index is 682. The molecule has 108 valence electrons. The Kier molecular flexibility index (Phi) is 4.37. The average molecular weight is 279 g/mol. The zero-order valence-electron chi connectivity index (χ0n) is 12.4. The molecule has 2 nitrogen and oxygen atoms in total. The molecule has 21 heavy (non-hydrogen) atoms. The van der Waals surface area contributed by atoms with Gasteiger partial charge in [0.25, 0.3) is 0 Å². The summed E-state index contributed by atoms with van der Waals surface area (Å²) < 4.78 is 5.46. The Morgan fingerprint density at radius 1 is 1.00 bits per heavy atom. The number of hydrogen-bond acceptors (Lipinski definition) is 2. The van der Waals surface area contributed by atoms with Crippen LogP contribution in [0.25, 0.3) is 10.8 Å². The predicted molar refractivity (Wildman–Crippen MR) is 87.4 cm³/mol. The predicted octanol–water partition coefficient (Wildman–Crippen LogP) is 4.72.